The average molecular weight is 148 g/mol. The van der Waals surface area contributed by atoms with Crippen molar-refractivity contribution in [3.05, 3.63) is 17.7 Å². The number of Topliss-reactive ketones (excluding diaryl/α,β-unsaturated/α-hetero) is 1. The van der Waals surface area contributed by atoms with E-state index in [0.717, 1.165) is 5.69 Å². The van der Waals surface area contributed by atoms with Crippen LogP contribution in [-0.2, 0) is 6.42 Å². The minimum atomic E-state index is -0.0757. The van der Waals surface area contributed by atoms with Gasteiger partial charge in [-0.1, -0.05) is 0 Å². The summed E-state index contributed by atoms with van der Waals surface area (Å²) in [5, 5.41) is 0. The summed E-state index contributed by atoms with van der Waals surface area (Å²) in [6, 6.07) is 0. The molecule has 0 spiro atoms. The lowest BCUT2D eigenvalue weighted by molar-refractivity contribution is 0.100. The highest BCUT2D eigenvalue weighted by Crippen LogP contribution is 1.97. The zero-order chi connectivity index (χ0) is 8.27. The molecule has 1 aromatic heterocycles. The van der Waals surface area contributed by atoms with E-state index in [-0.39, 0.29) is 5.78 Å². The predicted octanol–water partition coefficient (Wildman–Crippen LogP) is 0.788. The van der Waals surface area contributed by atoms with E-state index < -0.39 is 0 Å². The van der Waals surface area contributed by atoms with Crippen molar-refractivity contribution in [1.82, 2.24) is 9.97 Å². The molecule has 0 amide bonds. The standard InChI is InChI=1S/C8H8N2O/c1-3-4-7-5-9-8(10-7)6(2)11/h1,5H,4H2,2H3,(H,9,10). The normalized spacial score (nSPS) is 9.09. The second-order valence-electron chi connectivity index (χ2n) is 2.18. The maximum Gasteiger partial charge on any atom is 0.194 e. The smallest absolute Gasteiger partial charge is 0.194 e. The first-order valence-electron chi connectivity index (χ1n) is 3.22. The van der Waals surface area contributed by atoms with Crippen LogP contribution < -0.4 is 0 Å². The molecule has 11 heavy (non-hydrogen) atoms. The summed E-state index contributed by atoms with van der Waals surface area (Å²) in [6.45, 7) is 1.46. The van der Waals surface area contributed by atoms with Crippen molar-refractivity contribution in [3.63, 3.8) is 0 Å². The number of nitrogens with zero attached hydrogens (tertiary/aromatic N) is 1. The van der Waals surface area contributed by atoms with Gasteiger partial charge in [0.25, 0.3) is 0 Å². The first-order chi connectivity index (χ1) is 5.24. The van der Waals surface area contributed by atoms with Crippen molar-refractivity contribution in [3.8, 4) is 12.3 Å². The Kier molecular flexibility index (Phi) is 2.07. The molecular weight excluding hydrogens is 140 g/mol. The van der Waals surface area contributed by atoms with Gasteiger partial charge in [0.15, 0.2) is 11.6 Å². The number of imidazole rings is 1. The molecule has 1 heterocycles. The molecule has 0 aliphatic heterocycles. The van der Waals surface area contributed by atoms with Crippen molar-refractivity contribution in [2.45, 2.75) is 13.3 Å². The van der Waals surface area contributed by atoms with Gasteiger partial charge in [-0.2, -0.15) is 0 Å². The van der Waals surface area contributed by atoms with Crippen LogP contribution in [0.4, 0.5) is 0 Å². The van der Waals surface area contributed by atoms with E-state index in [4.69, 9.17) is 6.42 Å². The summed E-state index contributed by atoms with van der Waals surface area (Å²) < 4.78 is 0. The van der Waals surface area contributed by atoms with Crippen LogP contribution >= 0.6 is 0 Å². The van der Waals surface area contributed by atoms with Gasteiger partial charge in [-0.3, -0.25) is 4.79 Å². The van der Waals surface area contributed by atoms with Crippen LogP contribution in [0.3, 0.4) is 0 Å². The Labute approximate surface area is 64.8 Å². The maximum absolute atomic E-state index is 10.7. The van der Waals surface area contributed by atoms with E-state index in [1.54, 1.807) is 6.20 Å². The molecule has 1 N–H and O–H groups in total. The molecule has 0 bridgehead atoms. The third kappa shape index (κ3) is 1.68. The van der Waals surface area contributed by atoms with Gasteiger partial charge in [-0.05, 0) is 0 Å². The zero-order valence-corrected chi connectivity index (χ0v) is 6.22. The zero-order valence-electron chi connectivity index (χ0n) is 6.22. The Hall–Kier alpha value is -1.56. The fourth-order valence-corrected chi connectivity index (χ4v) is 0.735. The molecule has 0 saturated carbocycles. The molecule has 0 atom stereocenters. The molecule has 0 radical (unpaired) electrons. The van der Waals surface area contributed by atoms with Crippen LogP contribution in [0.2, 0.25) is 0 Å². The van der Waals surface area contributed by atoms with Crippen LogP contribution in [0.15, 0.2) is 6.20 Å². The summed E-state index contributed by atoms with van der Waals surface area (Å²) in [5.41, 5.74) is 0.734. The molecule has 0 aromatic carbocycles. The number of terminal acetylenes is 1. The summed E-state index contributed by atoms with van der Waals surface area (Å²) in [7, 11) is 0. The molecule has 0 saturated heterocycles. The van der Waals surface area contributed by atoms with E-state index in [2.05, 4.69) is 15.9 Å². The number of aromatic amines is 1. The molecule has 0 aliphatic rings. The molecule has 56 valence electrons. The SMILES string of the molecule is C#CCc1c[nH]c(C(C)=O)n1. The fourth-order valence-electron chi connectivity index (χ4n) is 0.735. The lowest BCUT2D eigenvalue weighted by Gasteiger charge is -1.83. The molecule has 0 aliphatic carbocycles. The largest absolute Gasteiger partial charge is 0.342 e. The van der Waals surface area contributed by atoms with Crippen molar-refractivity contribution in [1.29, 1.82) is 0 Å². The molecule has 3 nitrogen and oxygen atoms in total. The van der Waals surface area contributed by atoms with Crippen LogP contribution in [0.5, 0.6) is 0 Å². The van der Waals surface area contributed by atoms with Crippen LogP contribution in [-0.4, -0.2) is 15.8 Å². The lowest BCUT2D eigenvalue weighted by atomic mass is 10.3. The second kappa shape index (κ2) is 3.02. The van der Waals surface area contributed by atoms with Gasteiger partial charge in [0.05, 0.1) is 12.1 Å². The minimum absolute atomic E-state index is 0.0757. The van der Waals surface area contributed by atoms with E-state index in [9.17, 15) is 4.79 Å². The first-order valence-corrected chi connectivity index (χ1v) is 3.22. The Morgan fingerprint density at radius 2 is 2.64 bits per heavy atom. The Balaban J connectivity index is 2.83. The van der Waals surface area contributed by atoms with Gasteiger partial charge in [0.1, 0.15) is 0 Å². The number of H-pyrrole nitrogens is 1. The molecule has 1 rings (SSSR count). The van der Waals surface area contributed by atoms with E-state index >= 15 is 0 Å². The summed E-state index contributed by atoms with van der Waals surface area (Å²) >= 11 is 0. The molecule has 0 unspecified atom stereocenters. The van der Waals surface area contributed by atoms with Gasteiger partial charge in [0, 0.05) is 13.1 Å². The topological polar surface area (TPSA) is 45.8 Å². The van der Waals surface area contributed by atoms with Crippen LogP contribution in [0.1, 0.15) is 23.2 Å². The number of ketones is 1. The van der Waals surface area contributed by atoms with Gasteiger partial charge in [-0.15, -0.1) is 12.3 Å². The molecule has 0 fully saturated rings. The van der Waals surface area contributed by atoms with Crippen molar-refractivity contribution < 1.29 is 4.79 Å². The third-order valence-electron chi connectivity index (χ3n) is 1.25. The Morgan fingerprint density at radius 1 is 1.91 bits per heavy atom. The summed E-state index contributed by atoms with van der Waals surface area (Å²) in [5.74, 6) is 2.74. The number of hydrogen-bond acceptors (Lipinski definition) is 2. The van der Waals surface area contributed by atoms with E-state index in [0.29, 0.717) is 12.2 Å². The van der Waals surface area contributed by atoms with Crippen molar-refractivity contribution in [2.75, 3.05) is 0 Å². The summed E-state index contributed by atoms with van der Waals surface area (Å²) in [6.07, 6.45) is 7.17. The predicted molar refractivity (Wildman–Crippen MR) is 41.1 cm³/mol. The van der Waals surface area contributed by atoms with Crippen LogP contribution in [0, 0.1) is 12.3 Å². The number of carbonyl (C=O) groups excluding carboxylic acids is 1. The fraction of sp³-hybridized carbons (Fsp3) is 0.250. The van der Waals surface area contributed by atoms with E-state index in [1.807, 2.05) is 0 Å². The van der Waals surface area contributed by atoms with Gasteiger partial charge >= 0.3 is 0 Å². The molecular formula is C8H8N2O. The summed E-state index contributed by atoms with van der Waals surface area (Å²) in [4.78, 5) is 17.4. The highest BCUT2D eigenvalue weighted by Gasteiger charge is 2.03. The highest BCUT2D eigenvalue weighted by atomic mass is 16.1. The third-order valence-corrected chi connectivity index (χ3v) is 1.25. The molecule has 1 aromatic rings. The van der Waals surface area contributed by atoms with Gasteiger partial charge in [-0.25, -0.2) is 4.98 Å². The average Bonchev–Trinajstić information content (AvgIpc) is 2.37. The second-order valence-corrected chi connectivity index (χ2v) is 2.18. The Bertz CT molecular complexity index is 306. The Morgan fingerprint density at radius 3 is 3.09 bits per heavy atom. The first kappa shape index (κ1) is 7.55. The number of carbonyl (C=O) groups is 1. The number of nitrogens with one attached hydrogen (secondary N) is 1. The van der Waals surface area contributed by atoms with Gasteiger partial charge < -0.3 is 4.98 Å². The monoisotopic (exact) mass is 148 g/mol. The number of rotatable bonds is 2. The quantitative estimate of drug-likeness (QED) is 0.497. The van der Waals surface area contributed by atoms with E-state index in [1.165, 1.54) is 6.92 Å². The maximum atomic E-state index is 10.7. The van der Waals surface area contributed by atoms with Crippen molar-refractivity contribution in [2.24, 2.45) is 0 Å². The minimum Gasteiger partial charge on any atom is -0.342 e. The number of aromatic nitrogens is 2. The van der Waals surface area contributed by atoms with Gasteiger partial charge in [0.2, 0.25) is 0 Å². The van der Waals surface area contributed by atoms with Crippen LogP contribution in [0.25, 0.3) is 0 Å². The lowest BCUT2D eigenvalue weighted by Crippen LogP contribution is -1.94. The molecule has 3 heteroatoms. The van der Waals surface area contributed by atoms with Crippen molar-refractivity contribution >= 4 is 5.78 Å². The number of hydrogen-bond donors (Lipinski definition) is 1. The highest BCUT2D eigenvalue weighted by molar-refractivity contribution is 5.90.